The lowest BCUT2D eigenvalue weighted by atomic mass is 10.1. The van der Waals surface area contributed by atoms with Gasteiger partial charge in [-0.3, -0.25) is 19.3 Å². The number of Topliss-reactive ketones (excluding diaryl/α,β-unsaturated/α-hetero) is 1. The van der Waals surface area contributed by atoms with Crippen molar-refractivity contribution < 1.29 is 22.8 Å². The fourth-order valence-electron chi connectivity index (χ4n) is 3.18. The number of hydrogen-bond acceptors (Lipinski definition) is 6. The van der Waals surface area contributed by atoms with Gasteiger partial charge in [-0.15, -0.1) is 0 Å². The Balaban J connectivity index is 1.87. The smallest absolute Gasteiger partial charge is 0.299 e. The van der Waals surface area contributed by atoms with E-state index in [9.17, 15) is 22.8 Å². The summed E-state index contributed by atoms with van der Waals surface area (Å²) in [5, 5.41) is 3.19. The fraction of sp³-hybridized carbons (Fsp3) is 0.444. The Morgan fingerprint density at radius 3 is 2.52 bits per heavy atom. The second-order valence-electron chi connectivity index (χ2n) is 6.94. The van der Waals surface area contributed by atoms with Crippen LogP contribution in [0.4, 0.5) is 0 Å². The third-order valence-corrected chi connectivity index (χ3v) is 6.93. The molecule has 0 aliphatic carbocycles. The van der Waals surface area contributed by atoms with Crippen LogP contribution >= 0.6 is 11.6 Å². The standard InChI is InChI=1S/C18H21ClN4O5S/c1-11(12-5-7-13(19)8-6-12)20-16(25)14-15(24)17(26)22(2)18(21-14)23-9-3-4-10-29(23,27)28/h5-8,11,14H,3-4,9-10H2,1-2H3,(H,20,25). The van der Waals surface area contributed by atoms with Gasteiger partial charge in [0, 0.05) is 18.6 Å². The molecule has 2 aliphatic heterocycles. The van der Waals surface area contributed by atoms with Gasteiger partial charge in [0.25, 0.3) is 17.6 Å². The zero-order valence-electron chi connectivity index (χ0n) is 16.0. The molecule has 1 aromatic rings. The van der Waals surface area contributed by atoms with E-state index in [1.165, 1.54) is 7.05 Å². The molecule has 2 heterocycles. The zero-order valence-corrected chi connectivity index (χ0v) is 17.5. The Morgan fingerprint density at radius 2 is 1.90 bits per heavy atom. The molecule has 0 saturated carbocycles. The predicted molar refractivity (Wildman–Crippen MR) is 107 cm³/mol. The number of aliphatic imine (C=N–C) groups is 1. The molecule has 2 amide bonds. The molecule has 0 spiro atoms. The van der Waals surface area contributed by atoms with Crippen LogP contribution in [-0.2, 0) is 24.4 Å². The molecule has 2 aliphatic rings. The van der Waals surface area contributed by atoms with Crippen LogP contribution in [0, 0.1) is 0 Å². The lowest BCUT2D eigenvalue weighted by molar-refractivity contribution is -0.145. The highest BCUT2D eigenvalue weighted by Gasteiger charge is 2.43. The molecule has 2 unspecified atom stereocenters. The van der Waals surface area contributed by atoms with Crippen LogP contribution < -0.4 is 5.32 Å². The highest BCUT2D eigenvalue weighted by molar-refractivity contribution is 7.89. The summed E-state index contributed by atoms with van der Waals surface area (Å²) in [5.41, 5.74) is 0.747. The number of guanidine groups is 1. The topological polar surface area (TPSA) is 116 Å². The summed E-state index contributed by atoms with van der Waals surface area (Å²) < 4.78 is 25.8. The van der Waals surface area contributed by atoms with Crippen molar-refractivity contribution in [2.24, 2.45) is 4.99 Å². The molecule has 0 aromatic heterocycles. The number of nitrogens with one attached hydrogen (secondary N) is 1. The van der Waals surface area contributed by atoms with Gasteiger partial charge in [-0.25, -0.2) is 17.7 Å². The van der Waals surface area contributed by atoms with Crippen molar-refractivity contribution >= 4 is 45.2 Å². The Morgan fingerprint density at radius 1 is 1.24 bits per heavy atom. The Labute approximate surface area is 173 Å². The summed E-state index contributed by atoms with van der Waals surface area (Å²) in [6.45, 7) is 1.85. The Kier molecular flexibility index (Phi) is 5.95. The van der Waals surface area contributed by atoms with E-state index in [2.05, 4.69) is 10.3 Å². The highest BCUT2D eigenvalue weighted by atomic mass is 35.5. The quantitative estimate of drug-likeness (QED) is 0.548. The third-order valence-electron chi connectivity index (χ3n) is 4.86. The van der Waals surface area contributed by atoms with Crippen molar-refractivity contribution in [2.75, 3.05) is 19.3 Å². The molecule has 1 fully saturated rings. The molecule has 9 nitrogen and oxygen atoms in total. The number of halogens is 1. The van der Waals surface area contributed by atoms with Crippen LogP contribution in [-0.4, -0.2) is 66.6 Å². The number of benzene rings is 1. The summed E-state index contributed by atoms with van der Waals surface area (Å²) in [7, 11) is -2.39. The summed E-state index contributed by atoms with van der Waals surface area (Å²) in [6, 6.07) is 4.68. The first-order chi connectivity index (χ1) is 13.6. The maximum absolute atomic E-state index is 12.7. The van der Waals surface area contributed by atoms with E-state index in [1.807, 2.05) is 0 Å². The third kappa shape index (κ3) is 4.27. The first kappa shape index (κ1) is 21.3. The molecule has 1 saturated heterocycles. The molecule has 1 N–H and O–H groups in total. The van der Waals surface area contributed by atoms with E-state index in [1.54, 1.807) is 31.2 Å². The molecule has 156 valence electrons. The van der Waals surface area contributed by atoms with E-state index in [4.69, 9.17) is 11.6 Å². The van der Waals surface area contributed by atoms with Crippen LogP contribution in [0.2, 0.25) is 5.02 Å². The Hall–Kier alpha value is -2.46. The molecular formula is C18H21ClN4O5S. The normalized spacial score (nSPS) is 22.9. The van der Waals surface area contributed by atoms with Crippen molar-refractivity contribution in [3.8, 4) is 0 Å². The van der Waals surface area contributed by atoms with Crippen molar-refractivity contribution in [3.05, 3.63) is 34.9 Å². The number of carbonyl (C=O) groups excluding carboxylic acids is 3. The van der Waals surface area contributed by atoms with Crippen LogP contribution in [0.1, 0.15) is 31.4 Å². The molecular weight excluding hydrogens is 420 g/mol. The zero-order chi connectivity index (χ0) is 21.3. The van der Waals surface area contributed by atoms with Gasteiger partial charge in [-0.05, 0) is 37.5 Å². The summed E-state index contributed by atoms with van der Waals surface area (Å²) in [4.78, 5) is 42.4. The Bertz CT molecular complexity index is 976. The molecule has 2 atom stereocenters. The average Bonchev–Trinajstić information content (AvgIpc) is 2.67. The van der Waals surface area contributed by atoms with Gasteiger partial charge in [0.1, 0.15) is 0 Å². The maximum atomic E-state index is 12.7. The number of sulfonamides is 1. The lowest BCUT2D eigenvalue weighted by Gasteiger charge is -2.35. The van der Waals surface area contributed by atoms with Crippen molar-refractivity contribution in [2.45, 2.75) is 31.8 Å². The number of rotatable bonds is 3. The average molecular weight is 441 g/mol. The summed E-state index contributed by atoms with van der Waals surface area (Å²) >= 11 is 5.86. The second kappa shape index (κ2) is 8.11. The van der Waals surface area contributed by atoms with E-state index in [0.29, 0.717) is 17.9 Å². The molecule has 11 heteroatoms. The number of ketones is 1. The van der Waals surface area contributed by atoms with Gasteiger partial charge in [0.15, 0.2) is 6.04 Å². The van der Waals surface area contributed by atoms with Crippen molar-refractivity contribution in [3.63, 3.8) is 0 Å². The van der Waals surface area contributed by atoms with Gasteiger partial charge in [-0.2, -0.15) is 0 Å². The number of nitrogens with zero attached hydrogens (tertiary/aromatic N) is 3. The van der Waals surface area contributed by atoms with Gasteiger partial charge in [0.2, 0.25) is 16.0 Å². The molecule has 0 radical (unpaired) electrons. The first-order valence-electron chi connectivity index (χ1n) is 9.08. The lowest BCUT2D eigenvalue weighted by Crippen LogP contribution is -2.59. The minimum atomic E-state index is -3.66. The van der Waals surface area contributed by atoms with Crippen LogP contribution in [0.3, 0.4) is 0 Å². The van der Waals surface area contributed by atoms with E-state index in [0.717, 1.165) is 14.8 Å². The van der Waals surface area contributed by atoms with Gasteiger partial charge in [0.05, 0.1) is 11.8 Å². The number of amides is 2. The van der Waals surface area contributed by atoms with Crippen molar-refractivity contribution in [1.29, 1.82) is 0 Å². The molecule has 0 bridgehead atoms. The minimum Gasteiger partial charge on any atom is -0.347 e. The fourth-order valence-corrected chi connectivity index (χ4v) is 4.92. The van der Waals surface area contributed by atoms with Crippen molar-refractivity contribution in [1.82, 2.24) is 14.5 Å². The highest BCUT2D eigenvalue weighted by Crippen LogP contribution is 2.21. The SMILES string of the molecule is CC(NC(=O)C1N=C(N2CCCCS2(=O)=O)N(C)C(=O)C1=O)c1ccc(Cl)cc1. The van der Waals surface area contributed by atoms with Gasteiger partial charge < -0.3 is 5.32 Å². The molecule has 3 rings (SSSR count). The number of hydrogen-bond donors (Lipinski definition) is 1. The first-order valence-corrected chi connectivity index (χ1v) is 11.1. The summed E-state index contributed by atoms with van der Waals surface area (Å²) in [5.74, 6) is -3.03. The predicted octanol–water partition coefficient (Wildman–Crippen LogP) is 0.709. The van der Waals surface area contributed by atoms with Crippen LogP contribution in [0.15, 0.2) is 29.3 Å². The van der Waals surface area contributed by atoms with E-state index in [-0.39, 0.29) is 18.3 Å². The molecule has 1 aromatic carbocycles. The monoisotopic (exact) mass is 440 g/mol. The van der Waals surface area contributed by atoms with Gasteiger partial charge >= 0.3 is 0 Å². The number of likely N-dealkylation sites (N-methyl/N-ethyl adjacent to an activating group) is 1. The molecule has 29 heavy (non-hydrogen) atoms. The largest absolute Gasteiger partial charge is 0.347 e. The van der Waals surface area contributed by atoms with Gasteiger partial charge in [-0.1, -0.05) is 23.7 Å². The summed E-state index contributed by atoms with van der Waals surface area (Å²) in [6.07, 6.45) is 1.10. The van der Waals surface area contributed by atoms with Crippen LogP contribution in [0.5, 0.6) is 0 Å². The second-order valence-corrected chi connectivity index (χ2v) is 9.39. The maximum Gasteiger partial charge on any atom is 0.299 e. The van der Waals surface area contributed by atoms with E-state index >= 15 is 0 Å². The minimum absolute atomic E-state index is 0.0769. The number of carbonyl (C=O) groups is 3. The van der Waals surface area contributed by atoms with E-state index < -0.39 is 39.7 Å². The van der Waals surface area contributed by atoms with Crippen LogP contribution in [0.25, 0.3) is 0 Å².